The number of hydrogen-bond donors (Lipinski definition) is 0. The van der Waals surface area contributed by atoms with Crippen LogP contribution in [0.25, 0.3) is 0 Å². The van der Waals surface area contributed by atoms with Gasteiger partial charge in [-0.05, 0) is 6.07 Å². The van der Waals surface area contributed by atoms with Crippen LogP contribution in [0.2, 0.25) is 5.02 Å². The highest BCUT2D eigenvalue weighted by molar-refractivity contribution is 6.32. The van der Waals surface area contributed by atoms with E-state index in [2.05, 4.69) is 11.8 Å². The van der Waals surface area contributed by atoms with Crippen LogP contribution in [0.3, 0.4) is 0 Å². The molecule has 0 fully saturated rings. The molecular weight excluding hydrogens is 235 g/mol. The fourth-order valence-electron chi connectivity index (χ4n) is 0.951. The summed E-state index contributed by atoms with van der Waals surface area (Å²) in [7, 11) is 0. The van der Waals surface area contributed by atoms with Gasteiger partial charge in [-0.3, -0.25) is 10.1 Å². The van der Waals surface area contributed by atoms with Crippen LogP contribution in [0.4, 0.5) is 10.1 Å². The molecule has 0 saturated carbocycles. The summed E-state index contributed by atoms with van der Waals surface area (Å²) in [4.78, 5) is 9.51. The quantitative estimate of drug-likeness (QED) is 0.429. The number of nitrogens with zero attached hydrogens (tertiary/aromatic N) is 2. The van der Waals surface area contributed by atoms with E-state index in [0.29, 0.717) is 0 Å². The Morgan fingerprint density at radius 2 is 2.25 bits per heavy atom. The molecule has 0 saturated heterocycles. The van der Waals surface area contributed by atoms with Gasteiger partial charge >= 0.3 is 5.69 Å². The van der Waals surface area contributed by atoms with Crippen molar-refractivity contribution < 1.29 is 9.31 Å². The highest BCUT2D eigenvalue weighted by Gasteiger charge is 2.16. The third-order valence-electron chi connectivity index (χ3n) is 1.62. The Balaban J connectivity index is 3.18. The van der Waals surface area contributed by atoms with Crippen LogP contribution < -0.4 is 0 Å². The zero-order valence-corrected chi connectivity index (χ0v) is 8.58. The van der Waals surface area contributed by atoms with Gasteiger partial charge in [0.05, 0.1) is 22.4 Å². The maximum atomic E-state index is 13.2. The van der Waals surface area contributed by atoms with Gasteiger partial charge in [-0.2, -0.15) is 9.65 Å². The van der Waals surface area contributed by atoms with Gasteiger partial charge in [-0.25, -0.2) is 0 Å². The largest absolute Gasteiger partial charge is 0.306 e. The van der Waals surface area contributed by atoms with E-state index in [9.17, 15) is 14.5 Å². The lowest BCUT2D eigenvalue weighted by molar-refractivity contribution is -0.387. The highest BCUT2D eigenvalue weighted by atomic mass is 35.5. The number of hydrogen-bond acceptors (Lipinski definition) is 3. The van der Waals surface area contributed by atoms with Crippen molar-refractivity contribution >= 4 is 17.3 Å². The molecule has 0 aliphatic carbocycles. The molecule has 0 unspecified atom stereocenters. The minimum absolute atomic E-state index is 0.0152. The van der Waals surface area contributed by atoms with Crippen molar-refractivity contribution in [1.82, 2.24) is 0 Å². The maximum Gasteiger partial charge on any atom is 0.306 e. The lowest BCUT2D eigenvalue weighted by atomic mass is 10.2. The van der Waals surface area contributed by atoms with Crippen LogP contribution in [0.1, 0.15) is 12.0 Å². The lowest BCUT2D eigenvalue weighted by Gasteiger charge is -1.97. The third-order valence-corrected chi connectivity index (χ3v) is 1.94. The summed E-state index contributed by atoms with van der Waals surface area (Å²) in [6.07, 6.45) is -0.0189. The fraction of sp³-hybridized carbons (Fsp3) is 0.100. The predicted octanol–water partition coefficient (Wildman–Crippen LogP) is 2.65. The van der Waals surface area contributed by atoms with Crippen molar-refractivity contribution in [3.63, 3.8) is 0 Å². The van der Waals surface area contributed by atoms with E-state index in [1.54, 1.807) is 6.07 Å². The van der Waals surface area contributed by atoms with Crippen LogP contribution in [0.5, 0.6) is 0 Å². The van der Waals surface area contributed by atoms with Crippen molar-refractivity contribution in [2.45, 2.75) is 6.42 Å². The van der Waals surface area contributed by atoms with Gasteiger partial charge in [-0.1, -0.05) is 23.4 Å². The lowest BCUT2D eigenvalue weighted by Crippen LogP contribution is -1.93. The van der Waals surface area contributed by atoms with E-state index in [0.717, 1.165) is 12.1 Å². The summed E-state index contributed by atoms with van der Waals surface area (Å²) in [5, 5.41) is 18.6. The zero-order valence-electron chi connectivity index (χ0n) is 7.83. The number of halogens is 2. The Kier molecular flexibility index (Phi) is 3.82. The molecule has 0 atom stereocenters. The van der Waals surface area contributed by atoms with Gasteiger partial charge in [0.15, 0.2) is 0 Å². The van der Waals surface area contributed by atoms with Crippen LogP contribution in [-0.4, -0.2) is 4.92 Å². The Morgan fingerprint density at radius 3 is 2.81 bits per heavy atom. The van der Waals surface area contributed by atoms with E-state index in [-0.39, 0.29) is 17.0 Å². The molecular formula is C10H4ClFN2O2. The molecule has 0 spiro atoms. The molecule has 80 valence electrons. The minimum atomic E-state index is -1.00. The van der Waals surface area contributed by atoms with Gasteiger partial charge in [-0.15, -0.1) is 0 Å². The number of nitriles is 1. The first-order chi connectivity index (χ1) is 7.56. The monoisotopic (exact) mass is 238 g/mol. The Bertz CT molecular complexity index is 540. The third kappa shape index (κ3) is 2.69. The van der Waals surface area contributed by atoms with Gasteiger partial charge in [0.1, 0.15) is 0 Å². The molecule has 4 nitrogen and oxygen atoms in total. The first kappa shape index (κ1) is 12.0. The zero-order chi connectivity index (χ0) is 12.1. The Hall–Kier alpha value is -2.11. The molecule has 0 bridgehead atoms. The average molecular weight is 239 g/mol. The second-order valence-electron chi connectivity index (χ2n) is 2.68. The van der Waals surface area contributed by atoms with Crippen molar-refractivity contribution in [1.29, 1.82) is 5.26 Å². The molecule has 1 rings (SSSR count). The molecule has 0 heterocycles. The summed E-state index contributed by atoms with van der Waals surface area (Å²) < 4.78 is 13.2. The number of benzene rings is 1. The average Bonchev–Trinajstić information content (AvgIpc) is 2.22. The summed E-state index contributed by atoms with van der Waals surface area (Å²) >= 11 is 5.67. The first-order valence-electron chi connectivity index (χ1n) is 4.05. The van der Waals surface area contributed by atoms with Crippen LogP contribution >= 0.6 is 11.6 Å². The molecule has 1 aromatic carbocycles. The second kappa shape index (κ2) is 5.11. The molecule has 0 aromatic heterocycles. The predicted molar refractivity (Wildman–Crippen MR) is 55.2 cm³/mol. The van der Waals surface area contributed by atoms with Gasteiger partial charge in [0.25, 0.3) is 0 Å². The molecule has 0 radical (unpaired) electrons. The number of nitro benzene ring substituents is 1. The Labute approximate surface area is 95.4 Å². The smallest absolute Gasteiger partial charge is 0.258 e. The summed E-state index contributed by atoms with van der Waals surface area (Å²) in [5.41, 5.74) is -0.573. The number of rotatable bonds is 1. The topological polar surface area (TPSA) is 66.9 Å². The number of nitro groups is 1. The highest BCUT2D eigenvalue weighted by Crippen LogP contribution is 2.25. The Morgan fingerprint density at radius 1 is 1.56 bits per heavy atom. The van der Waals surface area contributed by atoms with E-state index < -0.39 is 16.4 Å². The van der Waals surface area contributed by atoms with Crippen molar-refractivity contribution in [2.24, 2.45) is 0 Å². The first-order valence-corrected chi connectivity index (χ1v) is 4.43. The molecule has 0 aliphatic rings. The van der Waals surface area contributed by atoms with Gasteiger partial charge < -0.3 is 0 Å². The summed E-state index contributed by atoms with van der Waals surface area (Å²) in [6, 6.07) is 3.56. The van der Waals surface area contributed by atoms with Crippen molar-refractivity contribution in [2.75, 3.05) is 0 Å². The van der Waals surface area contributed by atoms with Crippen molar-refractivity contribution in [3.8, 4) is 17.9 Å². The van der Waals surface area contributed by atoms with E-state index in [1.165, 1.54) is 0 Å². The minimum Gasteiger partial charge on any atom is -0.258 e. The molecule has 0 aliphatic heterocycles. The fourth-order valence-corrected chi connectivity index (χ4v) is 1.16. The van der Waals surface area contributed by atoms with Crippen LogP contribution in [0.15, 0.2) is 12.1 Å². The molecule has 0 N–H and O–H groups in total. The SMILES string of the molecule is N#CCC#Cc1cc(F)c([N+](=O)[O-])cc1Cl. The maximum absolute atomic E-state index is 13.2. The van der Waals surface area contributed by atoms with Crippen LogP contribution in [-0.2, 0) is 0 Å². The molecule has 1 aromatic rings. The van der Waals surface area contributed by atoms with E-state index in [1.807, 2.05) is 0 Å². The molecule has 6 heteroatoms. The molecule has 0 amide bonds. The summed E-state index contributed by atoms with van der Waals surface area (Å²) in [5.74, 6) is 3.89. The van der Waals surface area contributed by atoms with E-state index >= 15 is 0 Å². The van der Waals surface area contributed by atoms with Gasteiger partial charge in [0, 0.05) is 11.6 Å². The van der Waals surface area contributed by atoms with E-state index in [4.69, 9.17) is 16.9 Å². The van der Waals surface area contributed by atoms with Crippen LogP contribution in [0, 0.1) is 39.1 Å². The van der Waals surface area contributed by atoms with Crippen molar-refractivity contribution in [3.05, 3.63) is 38.7 Å². The second-order valence-corrected chi connectivity index (χ2v) is 3.08. The summed E-state index contributed by atoms with van der Waals surface area (Å²) in [6.45, 7) is 0. The normalized spacial score (nSPS) is 8.81. The van der Waals surface area contributed by atoms with Gasteiger partial charge in [0.2, 0.25) is 5.82 Å². The molecule has 16 heavy (non-hydrogen) atoms. The standard InChI is InChI=1S/C10H4ClFN2O2/c11-8-6-10(14(15)16)9(12)5-7(8)3-1-2-4-13/h5-6H,2H2.